The minimum atomic E-state index is -1.07. The van der Waals surface area contributed by atoms with Gasteiger partial charge in [-0.1, -0.05) is 23.6 Å². The van der Waals surface area contributed by atoms with Gasteiger partial charge in [0.15, 0.2) is 5.03 Å². The first-order valence-corrected chi connectivity index (χ1v) is 6.17. The van der Waals surface area contributed by atoms with Crippen LogP contribution in [0.5, 0.6) is 0 Å². The van der Waals surface area contributed by atoms with E-state index < -0.39 is 17.0 Å². The second-order valence-corrected chi connectivity index (χ2v) is 4.15. The van der Waals surface area contributed by atoms with Gasteiger partial charge in [-0.2, -0.15) is 5.10 Å². The number of aromatic carboxylic acids is 1. The summed E-state index contributed by atoms with van der Waals surface area (Å²) in [6, 6.07) is 9.49. The highest BCUT2D eigenvalue weighted by Crippen LogP contribution is 2.25. The van der Waals surface area contributed by atoms with Crippen molar-refractivity contribution in [1.29, 1.82) is 0 Å². The Morgan fingerprint density at radius 3 is 2.78 bits per heavy atom. The fourth-order valence-electron chi connectivity index (χ4n) is 1.72. The third-order valence-electron chi connectivity index (χ3n) is 2.61. The van der Waals surface area contributed by atoms with Crippen LogP contribution in [0.1, 0.15) is 16.1 Å². The molecule has 0 amide bonds. The number of nitro groups is 1. The normalized spacial score (nSPS) is 11.6. The Morgan fingerprint density at radius 1 is 1.35 bits per heavy atom. The van der Waals surface area contributed by atoms with Crippen LogP contribution in [0.3, 0.4) is 0 Å². The topological polar surface area (TPSA) is 156 Å². The van der Waals surface area contributed by atoms with E-state index in [-0.39, 0.29) is 11.3 Å². The summed E-state index contributed by atoms with van der Waals surface area (Å²) in [6.07, 6.45) is 1.18. The molecule has 23 heavy (non-hydrogen) atoms. The first-order chi connectivity index (χ1) is 11.0. The maximum Gasteiger partial charge on any atom is 0.336 e. The molecule has 4 N–H and O–H groups in total. The van der Waals surface area contributed by atoms with Crippen molar-refractivity contribution in [2.45, 2.75) is 0 Å². The minimum Gasteiger partial charge on any atom is -0.478 e. The Kier molecular flexibility index (Phi) is 4.67. The number of carbonyl (C=O) groups is 1. The smallest absolute Gasteiger partial charge is 0.336 e. The predicted octanol–water partition coefficient (Wildman–Crippen LogP) is 1.07. The fraction of sp³-hybridized carbons (Fsp3) is 0. The Balaban J connectivity index is 2.19. The van der Waals surface area contributed by atoms with Crippen LogP contribution in [0.15, 0.2) is 51.0 Å². The van der Waals surface area contributed by atoms with Gasteiger partial charge in [-0.3, -0.25) is 0 Å². The first-order valence-electron chi connectivity index (χ1n) is 6.17. The van der Waals surface area contributed by atoms with Gasteiger partial charge < -0.3 is 15.3 Å². The van der Waals surface area contributed by atoms with Gasteiger partial charge in [-0.15, -0.1) is 5.10 Å². The van der Waals surface area contributed by atoms with Gasteiger partial charge in [0.2, 0.25) is 0 Å². The summed E-state index contributed by atoms with van der Waals surface area (Å²) in [6.45, 7) is 0. The average molecular weight is 317 g/mol. The summed E-state index contributed by atoms with van der Waals surface area (Å²) in [5.41, 5.74) is 7.31. The van der Waals surface area contributed by atoms with Crippen molar-refractivity contribution in [2.24, 2.45) is 15.9 Å². The number of benzene rings is 1. The third kappa shape index (κ3) is 4.14. The molecule has 0 unspecified atom stereocenters. The quantitative estimate of drug-likeness (QED) is 0.322. The lowest BCUT2D eigenvalue weighted by Crippen LogP contribution is -2.35. The SMILES string of the molecule is N/C(=N\N=C/c1ccc(-c2ccccc2C(=O)O)o1)N[N+](=O)[O-]. The van der Waals surface area contributed by atoms with Crippen LogP contribution in [0.2, 0.25) is 0 Å². The molecule has 10 nitrogen and oxygen atoms in total. The number of hydrogen-bond acceptors (Lipinski definition) is 6. The molecule has 0 aliphatic heterocycles. The molecule has 2 aromatic rings. The molecular formula is C13H11N5O5. The highest BCUT2D eigenvalue weighted by atomic mass is 16.7. The van der Waals surface area contributed by atoms with Gasteiger partial charge in [0.05, 0.1) is 11.8 Å². The van der Waals surface area contributed by atoms with E-state index in [1.807, 2.05) is 0 Å². The van der Waals surface area contributed by atoms with Crippen molar-refractivity contribution in [2.75, 3.05) is 0 Å². The highest BCUT2D eigenvalue weighted by Gasteiger charge is 2.13. The highest BCUT2D eigenvalue weighted by molar-refractivity contribution is 5.95. The van der Waals surface area contributed by atoms with E-state index in [2.05, 4.69) is 10.2 Å². The molecular weight excluding hydrogens is 306 g/mol. The number of carboxylic acids is 1. The molecule has 0 spiro atoms. The van der Waals surface area contributed by atoms with Crippen LogP contribution < -0.4 is 11.2 Å². The number of nitrogens with two attached hydrogens (primary N) is 1. The fourth-order valence-corrected chi connectivity index (χ4v) is 1.72. The summed E-state index contributed by atoms with van der Waals surface area (Å²) >= 11 is 0. The van der Waals surface area contributed by atoms with E-state index in [9.17, 15) is 14.9 Å². The number of rotatable bonds is 5. The first kappa shape index (κ1) is 15.7. The van der Waals surface area contributed by atoms with E-state index in [0.717, 1.165) is 0 Å². The van der Waals surface area contributed by atoms with Crippen molar-refractivity contribution < 1.29 is 19.4 Å². The lowest BCUT2D eigenvalue weighted by Gasteiger charge is -2.01. The number of guanidine groups is 1. The molecule has 1 heterocycles. The van der Waals surface area contributed by atoms with E-state index in [0.29, 0.717) is 11.3 Å². The largest absolute Gasteiger partial charge is 0.478 e. The van der Waals surface area contributed by atoms with Gasteiger partial charge in [0, 0.05) is 5.56 Å². The number of carboxylic acid groups (broad SMARTS) is 1. The van der Waals surface area contributed by atoms with E-state index in [1.165, 1.54) is 12.3 Å². The molecule has 2 rings (SSSR count). The Morgan fingerprint density at radius 2 is 2.09 bits per heavy atom. The van der Waals surface area contributed by atoms with Crippen LogP contribution in [0.4, 0.5) is 0 Å². The Bertz CT molecular complexity index is 796. The monoisotopic (exact) mass is 317 g/mol. The Labute approximate surface area is 129 Å². The van der Waals surface area contributed by atoms with Crippen molar-refractivity contribution in [3.05, 3.63) is 57.8 Å². The summed E-state index contributed by atoms with van der Waals surface area (Å²) in [4.78, 5) is 21.3. The lowest BCUT2D eigenvalue weighted by atomic mass is 10.1. The molecule has 0 bridgehead atoms. The van der Waals surface area contributed by atoms with Gasteiger partial charge in [-0.05, 0) is 18.2 Å². The zero-order chi connectivity index (χ0) is 16.8. The van der Waals surface area contributed by atoms with Gasteiger partial charge in [0.25, 0.3) is 5.96 Å². The van der Waals surface area contributed by atoms with Crippen molar-refractivity contribution in [1.82, 2.24) is 5.43 Å². The number of hydrogen-bond donors (Lipinski definition) is 3. The molecule has 1 aromatic carbocycles. The molecule has 0 atom stereocenters. The van der Waals surface area contributed by atoms with Gasteiger partial charge >= 0.3 is 5.97 Å². The molecule has 0 aliphatic rings. The number of hydrazine groups is 1. The summed E-state index contributed by atoms with van der Waals surface area (Å²) < 4.78 is 5.45. The van der Waals surface area contributed by atoms with Crippen molar-refractivity contribution in [3.8, 4) is 11.3 Å². The maximum atomic E-state index is 11.2. The predicted molar refractivity (Wildman–Crippen MR) is 80.4 cm³/mol. The molecule has 0 radical (unpaired) electrons. The molecule has 0 saturated carbocycles. The number of nitrogens with zero attached hydrogens (tertiary/aromatic N) is 3. The second-order valence-electron chi connectivity index (χ2n) is 4.15. The summed E-state index contributed by atoms with van der Waals surface area (Å²) in [5, 5.41) is 25.2. The molecule has 0 saturated heterocycles. The van der Waals surface area contributed by atoms with Crippen molar-refractivity contribution >= 4 is 18.1 Å². The van der Waals surface area contributed by atoms with Crippen molar-refractivity contribution in [3.63, 3.8) is 0 Å². The van der Waals surface area contributed by atoms with Gasteiger partial charge in [0.1, 0.15) is 11.5 Å². The molecule has 0 fully saturated rings. The average Bonchev–Trinajstić information content (AvgIpc) is 2.95. The van der Waals surface area contributed by atoms with Crippen LogP contribution in [0.25, 0.3) is 11.3 Å². The zero-order valence-corrected chi connectivity index (χ0v) is 11.5. The zero-order valence-electron chi connectivity index (χ0n) is 11.5. The van der Waals surface area contributed by atoms with Crippen LogP contribution >= 0.6 is 0 Å². The standard InChI is InChI=1S/C13H11N5O5/c14-13(17-18(21)22)16-15-7-8-5-6-11(23-8)9-3-1-2-4-10(9)12(19)20/h1-7H,(H,19,20)(H3,14,16,17)/b15-7-. The third-order valence-corrected chi connectivity index (χ3v) is 2.61. The molecule has 0 aliphatic carbocycles. The summed E-state index contributed by atoms with van der Waals surface area (Å²) in [7, 11) is 0. The van der Waals surface area contributed by atoms with Crippen LogP contribution in [-0.4, -0.2) is 28.3 Å². The second kappa shape index (κ2) is 6.85. The molecule has 1 aromatic heterocycles. The molecule has 118 valence electrons. The van der Waals surface area contributed by atoms with E-state index in [1.54, 1.807) is 35.8 Å². The van der Waals surface area contributed by atoms with E-state index in [4.69, 9.17) is 15.3 Å². The maximum absolute atomic E-state index is 11.2. The van der Waals surface area contributed by atoms with Crippen LogP contribution in [0, 0.1) is 10.1 Å². The molecule has 10 heteroatoms. The summed E-state index contributed by atoms with van der Waals surface area (Å²) in [5.74, 6) is -0.952. The Hall–Kier alpha value is -3.69. The number of furan rings is 1. The number of nitrogens with one attached hydrogen (secondary N) is 1. The lowest BCUT2D eigenvalue weighted by molar-refractivity contribution is -0.525. The van der Waals surface area contributed by atoms with E-state index >= 15 is 0 Å². The van der Waals surface area contributed by atoms with Crippen LogP contribution in [-0.2, 0) is 0 Å². The van der Waals surface area contributed by atoms with Gasteiger partial charge in [-0.25, -0.2) is 14.9 Å². The minimum absolute atomic E-state index is 0.0998.